The molecule has 0 atom stereocenters. The number of carbonyl (C=O) groups excluding carboxylic acids is 1. The van der Waals surface area contributed by atoms with Gasteiger partial charge < -0.3 is 4.57 Å². The van der Waals surface area contributed by atoms with Gasteiger partial charge in [-0.25, -0.2) is 0 Å². The Morgan fingerprint density at radius 3 is 3.00 bits per heavy atom. The third-order valence-electron chi connectivity index (χ3n) is 2.79. The zero-order valence-corrected chi connectivity index (χ0v) is 10.9. The summed E-state index contributed by atoms with van der Waals surface area (Å²) < 4.78 is 2.10. The maximum atomic E-state index is 11.7. The number of aryl methyl sites for hydroxylation is 2. The highest BCUT2D eigenvalue weighted by Gasteiger charge is 2.06. The third kappa shape index (κ3) is 3.30. The van der Waals surface area contributed by atoms with Crippen LogP contribution in [0.4, 0.5) is 0 Å². The van der Waals surface area contributed by atoms with Crippen LogP contribution >= 0.6 is 11.3 Å². The molecule has 0 fully saturated rings. The van der Waals surface area contributed by atoms with Crippen LogP contribution in [0.25, 0.3) is 0 Å². The van der Waals surface area contributed by atoms with Crippen molar-refractivity contribution in [1.29, 1.82) is 0 Å². The van der Waals surface area contributed by atoms with Gasteiger partial charge in [0.15, 0.2) is 5.78 Å². The minimum atomic E-state index is 0.252. The van der Waals surface area contributed by atoms with Crippen molar-refractivity contribution in [2.24, 2.45) is 0 Å². The predicted molar refractivity (Wildman–Crippen MR) is 71.7 cm³/mol. The fraction of sp³-hybridized carbons (Fsp3) is 0.357. The van der Waals surface area contributed by atoms with E-state index >= 15 is 0 Å². The summed E-state index contributed by atoms with van der Waals surface area (Å²) in [6.45, 7) is 2.97. The summed E-state index contributed by atoms with van der Waals surface area (Å²) in [6, 6.07) is 4.07. The number of aromatic nitrogens is 1. The Morgan fingerprint density at radius 2 is 2.29 bits per heavy atom. The Kier molecular flexibility index (Phi) is 4.15. The van der Waals surface area contributed by atoms with Gasteiger partial charge in [0, 0.05) is 30.9 Å². The molecule has 0 aliphatic heterocycles. The average Bonchev–Trinajstić information content (AvgIpc) is 2.98. The van der Waals surface area contributed by atoms with Crippen molar-refractivity contribution >= 4 is 17.1 Å². The van der Waals surface area contributed by atoms with Crippen molar-refractivity contribution in [2.45, 2.75) is 32.7 Å². The molecule has 0 spiro atoms. The van der Waals surface area contributed by atoms with Crippen molar-refractivity contribution in [3.05, 3.63) is 46.4 Å². The maximum Gasteiger partial charge on any atom is 0.164 e. The van der Waals surface area contributed by atoms with E-state index in [9.17, 15) is 4.79 Å². The summed E-state index contributed by atoms with van der Waals surface area (Å²) in [5.74, 6) is 0.252. The first-order valence-electron chi connectivity index (χ1n) is 5.99. The quantitative estimate of drug-likeness (QED) is 0.712. The van der Waals surface area contributed by atoms with Crippen LogP contribution in [0.2, 0.25) is 0 Å². The van der Waals surface area contributed by atoms with Gasteiger partial charge in [-0.05, 0) is 41.3 Å². The number of nitrogens with zero attached hydrogens (tertiary/aromatic N) is 1. The molecule has 2 aromatic rings. The number of hydrogen-bond donors (Lipinski definition) is 0. The molecule has 0 aliphatic rings. The Balaban J connectivity index is 1.92. The summed E-state index contributed by atoms with van der Waals surface area (Å²) in [7, 11) is 0. The second kappa shape index (κ2) is 5.82. The molecular weight excluding hydrogens is 230 g/mol. The van der Waals surface area contributed by atoms with Crippen molar-refractivity contribution in [2.75, 3.05) is 0 Å². The molecule has 2 nitrogen and oxygen atoms in total. The molecule has 3 heteroatoms. The van der Waals surface area contributed by atoms with Gasteiger partial charge in [0.25, 0.3) is 0 Å². The van der Waals surface area contributed by atoms with Crippen LogP contribution in [-0.4, -0.2) is 10.4 Å². The van der Waals surface area contributed by atoms with E-state index in [2.05, 4.69) is 21.4 Å². The number of Topliss-reactive ketones (excluding diaryl/α,β-unsaturated/α-hetero) is 1. The lowest BCUT2D eigenvalue weighted by atomic mass is 10.1. The summed E-state index contributed by atoms with van der Waals surface area (Å²) in [5.41, 5.74) is 2.21. The van der Waals surface area contributed by atoms with E-state index in [0.29, 0.717) is 6.42 Å². The molecule has 0 saturated carbocycles. The Hall–Kier alpha value is -1.35. The molecule has 0 aliphatic carbocycles. The lowest BCUT2D eigenvalue weighted by Crippen LogP contribution is -1.99. The molecule has 2 rings (SSSR count). The van der Waals surface area contributed by atoms with E-state index in [1.54, 1.807) is 11.3 Å². The Labute approximate surface area is 106 Å². The largest absolute Gasteiger partial charge is 0.353 e. The Morgan fingerprint density at radius 1 is 1.41 bits per heavy atom. The summed E-state index contributed by atoms with van der Waals surface area (Å²) in [4.78, 5) is 11.7. The van der Waals surface area contributed by atoms with Crippen LogP contribution in [0.15, 0.2) is 35.3 Å². The molecule has 0 unspecified atom stereocenters. The lowest BCUT2D eigenvalue weighted by Gasteiger charge is -2.00. The van der Waals surface area contributed by atoms with Crippen molar-refractivity contribution in [3.63, 3.8) is 0 Å². The van der Waals surface area contributed by atoms with E-state index in [1.807, 2.05) is 25.4 Å². The lowest BCUT2D eigenvalue weighted by molar-refractivity contribution is 0.0981. The van der Waals surface area contributed by atoms with Crippen LogP contribution in [0.3, 0.4) is 0 Å². The van der Waals surface area contributed by atoms with Crippen LogP contribution in [0.1, 0.15) is 35.7 Å². The zero-order valence-electron chi connectivity index (χ0n) is 10.1. The predicted octanol–water partition coefficient (Wildman–Crippen LogP) is 3.78. The second-order valence-electron chi connectivity index (χ2n) is 4.19. The van der Waals surface area contributed by atoms with Crippen LogP contribution in [0.5, 0.6) is 0 Å². The number of thiophene rings is 1. The minimum Gasteiger partial charge on any atom is -0.353 e. The molecule has 0 radical (unpaired) electrons. The van der Waals surface area contributed by atoms with Gasteiger partial charge in [-0.2, -0.15) is 11.3 Å². The number of rotatable bonds is 6. The highest BCUT2D eigenvalue weighted by Crippen LogP contribution is 2.10. The number of carbonyl (C=O) groups is 1. The van der Waals surface area contributed by atoms with Crippen LogP contribution in [0, 0.1) is 0 Å². The van der Waals surface area contributed by atoms with Crippen LogP contribution < -0.4 is 0 Å². The van der Waals surface area contributed by atoms with Crippen LogP contribution in [-0.2, 0) is 13.0 Å². The zero-order chi connectivity index (χ0) is 12.1. The first kappa shape index (κ1) is 12.1. The number of hydrogen-bond acceptors (Lipinski definition) is 2. The van der Waals surface area contributed by atoms with Crippen molar-refractivity contribution in [3.8, 4) is 0 Å². The molecular formula is C14H17NOS. The van der Waals surface area contributed by atoms with Gasteiger partial charge in [0.2, 0.25) is 0 Å². The summed E-state index contributed by atoms with van der Waals surface area (Å²) in [6.07, 6.45) is 6.55. The van der Waals surface area contributed by atoms with E-state index < -0.39 is 0 Å². The highest BCUT2D eigenvalue weighted by atomic mass is 32.1. The molecule has 0 aromatic carbocycles. The standard InChI is InChI=1S/C14H17NOS/c1-2-3-14(16)13-5-8-15(10-13)7-4-12-6-9-17-11-12/h5-6,8-11H,2-4,7H2,1H3. The molecule has 90 valence electrons. The van der Waals surface area contributed by atoms with Gasteiger partial charge in [-0.15, -0.1) is 0 Å². The topological polar surface area (TPSA) is 22.0 Å². The van der Waals surface area contributed by atoms with Crippen molar-refractivity contribution < 1.29 is 4.79 Å². The smallest absolute Gasteiger partial charge is 0.164 e. The minimum absolute atomic E-state index is 0.252. The van der Waals surface area contributed by atoms with E-state index in [4.69, 9.17) is 0 Å². The third-order valence-corrected chi connectivity index (χ3v) is 3.52. The van der Waals surface area contributed by atoms with Gasteiger partial charge in [-0.1, -0.05) is 6.92 Å². The first-order chi connectivity index (χ1) is 8.29. The van der Waals surface area contributed by atoms with Gasteiger partial charge in [-0.3, -0.25) is 4.79 Å². The fourth-order valence-electron chi connectivity index (χ4n) is 1.81. The molecule has 2 heterocycles. The summed E-state index contributed by atoms with van der Waals surface area (Å²) >= 11 is 1.73. The molecule has 0 saturated heterocycles. The molecule has 0 bridgehead atoms. The van der Waals surface area contributed by atoms with Gasteiger partial charge >= 0.3 is 0 Å². The Bertz CT molecular complexity index is 470. The van der Waals surface area contributed by atoms with E-state index in [0.717, 1.165) is 24.9 Å². The monoisotopic (exact) mass is 247 g/mol. The molecule has 17 heavy (non-hydrogen) atoms. The van der Waals surface area contributed by atoms with E-state index in [-0.39, 0.29) is 5.78 Å². The molecule has 0 N–H and O–H groups in total. The van der Waals surface area contributed by atoms with Gasteiger partial charge in [0.1, 0.15) is 0 Å². The van der Waals surface area contributed by atoms with Gasteiger partial charge in [0.05, 0.1) is 0 Å². The maximum absolute atomic E-state index is 11.7. The summed E-state index contributed by atoms with van der Waals surface area (Å²) in [5, 5.41) is 4.27. The second-order valence-corrected chi connectivity index (χ2v) is 4.97. The van der Waals surface area contributed by atoms with Crippen molar-refractivity contribution in [1.82, 2.24) is 4.57 Å². The molecule has 2 aromatic heterocycles. The highest BCUT2D eigenvalue weighted by molar-refractivity contribution is 7.07. The SMILES string of the molecule is CCCC(=O)c1ccn(CCc2ccsc2)c1. The number of ketones is 1. The normalized spacial score (nSPS) is 10.6. The first-order valence-corrected chi connectivity index (χ1v) is 6.94. The average molecular weight is 247 g/mol. The fourth-order valence-corrected chi connectivity index (χ4v) is 2.51. The van der Waals surface area contributed by atoms with E-state index in [1.165, 1.54) is 5.56 Å². The molecule has 0 amide bonds.